The fourth-order valence-corrected chi connectivity index (χ4v) is 8.80. The van der Waals surface area contributed by atoms with E-state index < -0.39 is 0 Å². The highest BCUT2D eigenvalue weighted by Gasteiger charge is 2.34. The molecule has 1 atom stereocenters. The van der Waals surface area contributed by atoms with E-state index in [9.17, 15) is 0 Å². The third-order valence-corrected chi connectivity index (χ3v) is 10.6. The van der Waals surface area contributed by atoms with Gasteiger partial charge in [-0.1, -0.05) is 152 Å². The summed E-state index contributed by atoms with van der Waals surface area (Å²) in [5.74, 6) is 0.135. The first-order chi connectivity index (χ1) is 22.3. The molecule has 0 amide bonds. The third-order valence-electron chi connectivity index (χ3n) is 10.6. The fourth-order valence-electron chi connectivity index (χ4n) is 8.80. The normalized spacial score (nSPS) is 14.4. The predicted molar refractivity (Wildman–Crippen MR) is 192 cm³/mol. The Hall–Kier alpha value is -5.72. The van der Waals surface area contributed by atoms with Crippen LogP contribution in [0.1, 0.15) is 22.6 Å². The van der Waals surface area contributed by atoms with Crippen molar-refractivity contribution in [2.24, 2.45) is 0 Å². The lowest BCUT2D eigenvalue weighted by atomic mass is 9.80. The molecular formula is C45H26. The molecule has 0 heterocycles. The van der Waals surface area contributed by atoms with Crippen LogP contribution < -0.4 is 0 Å². The van der Waals surface area contributed by atoms with Crippen molar-refractivity contribution < 1.29 is 0 Å². The minimum Gasteiger partial charge on any atom is -0.0619 e. The van der Waals surface area contributed by atoms with E-state index in [0.29, 0.717) is 0 Å². The van der Waals surface area contributed by atoms with Gasteiger partial charge in [0.15, 0.2) is 0 Å². The Balaban J connectivity index is 1.25. The molecule has 0 bridgehead atoms. The summed E-state index contributed by atoms with van der Waals surface area (Å²) in [7, 11) is 0. The first-order valence-electron chi connectivity index (χ1n) is 15.9. The second-order valence-electron chi connectivity index (χ2n) is 12.8. The van der Waals surface area contributed by atoms with Crippen LogP contribution in [0.3, 0.4) is 0 Å². The summed E-state index contributed by atoms with van der Waals surface area (Å²) in [4.78, 5) is 0. The zero-order chi connectivity index (χ0) is 29.2. The molecule has 206 valence electrons. The molecular weight excluding hydrogens is 540 g/mol. The monoisotopic (exact) mass is 566 g/mol. The van der Waals surface area contributed by atoms with Gasteiger partial charge in [0.05, 0.1) is 0 Å². The van der Waals surface area contributed by atoms with Gasteiger partial charge in [0.2, 0.25) is 0 Å². The molecule has 0 radical (unpaired) electrons. The molecule has 0 aromatic heterocycles. The van der Waals surface area contributed by atoms with Crippen molar-refractivity contribution in [2.45, 2.75) is 5.92 Å². The molecule has 0 heteroatoms. The van der Waals surface area contributed by atoms with E-state index in [1.807, 2.05) is 0 Å². The lowest BCUT2D eigenvalue weighted by Gasteiger charge is -2.22. The molecule has 11 rings (SSSR count). The molecule has 1 aliphatic rings. The Morgan fingerprint density at radius 2 is 0.733 bits per heavy atom. The molecule has 1 aliphatic carbocycles. The maximum Gasteiger partial charge on any atom is 0.0364 e. The standard InChI is InChI=1S/C45H26/c1-2-11-34-32(10-1)35-12-5-13-36(33-22-18-30-16-14-26-6-3-8-28-19-23-37(33)42(30)40(26)28)44(35)45(34)39-25-21-31-17-15-27-7-4-9-29-20-24-38(39)43(31)41(27)29/h1-25,45H. The molecule has 0 saturated carbocycles. The zero-order valence-corrected chi connectivity index (χ0v) is 24.5. The fraction of sp³-hybridized carbons (Fsp3) is 0.0222. The lowest BCUT2D eigenvalue weighted by molar-refractivity contribution is 1.03. The highest BCUT2D eigenvalue weighted by Crippen LogP contribution is 2.54. The lowest BCUT2D eigenvalue weighted by Crippen LogP contribution is -2.03. The van der Waals surface area contributed by atoms with Gasteiger partial charge < -0.3 is 0 Å². The Morgan fingerprint density at radius 1 is 0.267 bits per heavy atom. The van der Waals surface area contributed by atoms with Crippen molar-refractivity contribution >= 4 is 64.6 Å². The molecule has 10 aromatic rings. The summed E-state index contributed by atoms with van der Waals surface area (Å²) in [6.45, 7) is 0. The molecule has 0 fully saturated rings. The Kier molecular flexibility index (Phi) is 4.46. The average molecular weight is 567 g/mol. The van der Waals surface area contributed by atoms with Crippen molar-refractivity contribution in [1.82, 2.24) is 0 Å². The van der Waals surface area contributed by atoms with Gasteiger partial charge in [-0.25, -0.2) is 0 Å². The molecule has 10 aromatic carbocycles. The molecule has 0 aliphatic heterocycles. The topological polar surface area (TPSA) is 0 Å². The molecule has 0 spiro atoms. The summed E-state index contributed by atoms with van der Waals surface area (Å²) >= 11 is 0. The van der Waals surface area contributed by atoms with Crippen molar-refractivity contribution in [3.05, 3.63) is 168 Å². The summed E-state index contributed by atoms with van der Waals surface area (Å²) in [5.41, 5.74) is 9.55. The van der Waals surface area contributed by atoms with E-state index in [4.69, 9.17) is 0 Å². The van der Waals surface area contributed by atoms with Gasteiger partial charge in [0, 0.05) is 5.92 Å². The van der Waals surface area contributed by atoms with Crippen molar-refractivity contribution in [3.8, 4) is 22.3 Å². The minimum absolute atomic E-state index is 0.135. The second kappa shape index (κ2) is 8.46. The van der Waals surface area contributed by atoms with Crippen LogP contribution in [-0.4, -0.2) is 0 Å². The van der Waals surface area contributed by atoms with Gasteiger partial charge in [-0.05, 0) is 104 Å². The van der Waals surface area contributed by atoms with Gasteiger partial charge >= 0.3 is 0 Å². The van der Waals surface area contributed by atoms with Crippen LogP contribution in [0.2, 0.25) is 0 Å². The summed E-state index contributed by atoms with van der Waals surface area (Å²) < 4.78 is 0. The minimum atomic E-state index is 0.135. The SMILES string of the molecule is c1ccc2c(c1)-c1cccc(-c3ccc4ccc5cccc6ccc3c4c56)c1C2c1ccc2ccc3cccc4ccc1c2c34. The van der Waals surface area contributed by atoms with Crippen molar-refractivity contribution in [2.75, 3.05) is 0 Å². The average Bonchev–Trinajstić information content (AvgIpc) is 3.44. The molecule has 45 heavy (non-hydrogen) atoms. The third kappa shape index (κ3) is 3.01. The number of fused-ring (bicyclic) bond motifs is 3. The van der Waals surface area contributed by atoms with Crippen LogP contribution in [-0.2, 0) is 0 Å². The Morgan fingerprint density at radius 3 is 1.42 bits per heavy atom. The van der Waals surface area contributed by atoms with Crippen LogP contribution in [0, 0.1) is 0 Å². The van der Waals surface area contributed by atoms with E-state index >= 15 is 0 Å². The van der Waals surface area contributed by atoms with Gasteiger partial charge in [0.25, 0.3) is 0 Å². The number of rotatable bonds is 2. The first kappa shape index (κ1) is 23.7. The van der Waals surface area contributed by atoms with Gasteiger partial charge in [-0.3, -0.25) is 0 Å². The maximum absolute atomic E-state index is 2.40. The first-order valence-corrected chi connectivity index (χ1v) is 15.9. The zero-order valence-electron chi connectivity index (χ0n) is 24.5. The number of hydrogen-bond acceptors (Lipinski definition) is 0. The summed E-state index contributed by atoms with van der Waals surface area (Å²) in [5, 5.41) is 16.0. The molecule has 0 nitrogen and oxygen atoms in total. The Labute approximate surface area is 260 Å². The van der Waals surface area contributed by atoms with E-state index in [1.165, 1.54) is 104 Å². The van der Waals surface area contributed by atoms with Crippen molar-refractivity contribution in [1.29, 1.82) is 0 Å². The van der Waals surface area contributed by atoms with Gasteiger partial charge in [-0.15, -0.1) is 0 Å². The molecule has 0 N–H and O–H groups in total. The van der Waals surface area contributed by atoms with Crippen LogP contribution in [0.4, 0.5) is 0 Å². The number of hydrogen-bond donors (Lipinski definition) is 0. The van der Waals surface area contributed by atoms with E-state index in [0.717, 1.165) is 0 Å². The van der Waals surface area contributed by atoms with Crippen molar-refractivity contribution in [3.63, 3.8) is 0 Å². The molecule has 1 unspecified atom stereocenters. The predicted octanol–water partition coefficient (Wildman–Crippen LogP) is 12.3. The number of benzene rings is 10. The summed E-state index contributed by atoms with van der Waals surface area (Å²) in [6, 6.07) is 57.3. The summed E-state index contributed by atoms with van der Waals surface area (Å²) in [6.07, 6.45) is 0. The van der Waals surface area contributed by atoms with Crippen LogP contribution in [0.25, 0.3) is 86.9 Å². The van der Waals surface area contributed by atoms with E-state index in [-0.39, 0.29) is 5.92 Å². The quantitative estimate of drug-likeness (QED) is 0.183. The van der Waals surface area contributed by atoms with E-state index in [1.54, 1.807) is 0 Å². The van der Waals surface area contributed by atoms with Crippen LogP contribution >= 0.6 is 0 Å². The van der Waals surface area contributed by atoms with Gasteiger partial charge in [0.1, 0.15) is 0 Å². The van der Waals surface area contributed by atoms with E-state index in [2.05, 4.69) is 152 Å². The van der Waals surface area contributed by atoms with Gasteiger partial charge in [-0.2, -0.15) is 0 Å². The van der Waals surface area contributed by atoms with Crippen LogP contribution in [0.15, 0.2) is 152 Å². The smallest absolute Gasteiger partial charge is 0.0364 e. The Bertz CT molecular complexity index is 2780. The highest BCUT2D eigenvalue weighted by molar-refractivity contribution is 6.26. The highest BCUT2D eigenvalue weighted by atomic mass is 14.4. The maximum atomic E-state index is 2.40. The second-order valence-corrected chi connectivity index (χ2v) is 12.8. The molecule has 0 saturated heterocycles. The largest absolute Gasteiger partial charge is 0.0619 e. The van der Waals surface area contributed by atoms with Crippen LogP contribution in [0.5, 0.6) is 0 Å².